The van der Waals surface area contributed by atoms with Gasteiger partial charge in [0.05, 0.1) is 0 Å². The summed E-state index contributed by atoms with van der Waals surface area (Å²) in [4.78, 5) is 0. The minimum Gasteiger partial charge on any atom is -0.398 e. The average molecular weight is 285 g/mol. The summed E-state index contributed by atoms with van der Waals surface area (Å²) in [6, 6.07) is 22.8. The van der Waals surface area contributed by atoms with Crippen molar-refractivity contribution in [3.05, 3.63) is 84.4 Å². The summed E-state index contributed by atoms with van der Waals surface area (Å²) in [7, 11) is 0. The van der Waals surface area contributed by atoms with E-state index in [2.05, 4.69) is 36.9 Å². The fraction of sp³-hybridized carbons (Fsp3) is 0.0476. The zero-order valence-corrected chi connectivity index (χ0v) is 12.7. The lowest BCUT2D eigenvalue weighted by molar-refractivity contribution is 1.43. The molecule has 0 aliphatic rings. The molecule has 0 aliphatic heterocycles. The monoisotopic (exact) mass is 285 g/mol. The van der Waals surface area contributed by atoms with E-state index in [9.17, 15) is 0 Å². The van der Waals surface area contributed by atoms with Crippen LogP contribution < -0.4 is 5.73 Å². The van der Waals surface area contributed by atoms with Crippen LogP contribution in [0.15, 0.2) is 73.3 Å². The minimum absolute atomic E-state index is 0.822. The summed E-state index contributed by atoms with van der Waals surface area (Å²) in [5.74, 6) is 0. The Hall–Kier alpha value is -2.80. The standard InChI is InChI=1S/C21H19N/c1-3-16-14-19(17-10-6-4-7-11-17)20(21(22)15(16)2)18-12-8-5-9-13-18/h3-14H,1,22H2,2H3. The number of nitrogen functional groups attached to an aromatic ring is 1. The maximum Gasteiger partial charge on any atom is 0.0435 e. The van der Waals surface area contributed by atoms with E-state index in [0.29, 0.717) is 0 Å². The maximum atomic E-state index is 6.48. The molecule has 0 unspecified atom stereocenters. The molecule has 2 N–H and O–H groups in total. The van der Waals surface area contributed by atoms with Crippen molar-refractivity contribution in [1.29, 1.82) is 0 Å². The molecule has 0 atom stereocenters. The first kappa shape index (κ1) is 14.2. The van der Waals surface area contributed by atoms with Crippen molar-refractivity contribution in [1.82, 2.24) is 0 Å². The Morgan fingerprint density at radius 2 is 1.41 bits per heavy atom. The Morgan fingerprint density at radius 3 is 1.95 bits per heavy atom. The van der Waals surface area contributed by atoms with Crippen molar-refractivity contribution < 1.29 is 0 Å². The van der Waals surface area contributed by atoms with Crippen LogP contribution in [0.3, 0.4) is 0 Å². The average Bonchev–Trinajstić information content (AvgIpc) is 2.58. The normalized spacial score (nSPS) is 10.4. The van der Waals surface area contributed by atoms with Crippen LogP contribution in [0.25, 0.3) is 28.3 Å². The summed E-state index contributed by atoms with van der Waals surface area (Å²) in [6.07, 6.45) is 1.87. The lowest BCUT2D eigenvalue weighted by atomic mass is 9.88. The van der Waals surface area contributed by atoms with E-state index in [1.54, 1.807) is 0 Å². The van der Waals surface area contributed by atoms with Gasteiger partial charge in [0.25, 0.3) is 0 Å². The van der Waals surface area contributed by atoms with E-state index >= 15 is 0 Å². The van der Waals surface area contributed by atoms with Gasteiger partial charge in [-0.05, 0) is 40.8 Å². The van der Waals surface area contributed by atoms with E-state index in [1.807, 2.05) is 49.4 Å². The molecule has 1 nitrogen and oxygen atoms in total. The van der Waals surface area contributed by atoms with Crippen LogP contribution in [0.1, 0.15) is 11.1 Å². The van der Waals surface area contributed by atoms with E-state index in [1.165, 1.54) is 0 Å². The van der Waals surface area contributed by atoms with Crippen molar-refractivity contribution in [2.75, 3.05) is 5.73 Å². The highest BCUT2D eigenvalue weighted by molar-refractivity contribution is 5.94. The van der Waals surface area contributed by atoms with Crippen molar-refractivity contribution >= 4 is 11.8 Å². The largest absolute Gasteiger partial charge is 0.398 e. The molecule has 1 heteroatoms. The molecule has 0 spiro atoms. The van der Waals surface area contributed by atoms with Crippen LogP contribution in [0.2, 0.25) is 0 Å². The number of nitrogens with two attached hydrogens (primary N) is 1. The third-order valence-electron chi connectivity index (χ3n) is 4.04. The van der Waals surface area contributed by atoms with Crippen molar-refractivity contribution in [2.45, 2.75) is 6.92 Å². The van der Waals surface area contributed by atoms with Gasteiger partial charge in [-0.1, -0.05) is 73.3 Å². The number of anilines is 1. The van der Waals surface area contributed by atoms with Crippen LogP contribution in [-0.2, 0) is 0 Å². The van der Waals surface area contributed by atoms with Crippen LogP contribution in [-0.4, -0.2) is 0 Å². The third kappa shape index (κ3) is 2.42. The van der Waals surface area contributed by atoms with E-state index < -0.39 is 0 Å². The highest BCUT2D eigenvalue weighted by atomic mass is 14.6. The molecule has 3 aromatic carbocycles. The Morgan fingerprint density at radius 1 is 0.864 bits per heavy atom. The van der Waals surface area contributed by atoms with Gasteiger partial charge < -0.3 is 5.73 Å². The Bertz CT molecular complexity index is 802. The fourth-order valence-corrected chi connectivity index (χ4v) is 2.80. The molecule has 0 aliphatic carbocycles. The topological polar surface area (TPSA) is 26.0 Å². The predicted molar refractivity (Wildman–Crippen MR) is 96.6 cm³/mol. The molecule has 3 rings (SSSR count). The van der Waals surface area contributed by atoms with E-state index in [-0.39, 0.29) is 0 Å². The van der Waals surface area contributed by atoms with Crippen LogP contribution in [0.4, 0.5) is 5.69 Å². The van der Waals surface area contributed by atoms with Crippen LogP contribution >= 0.6 is 0 Å². The molecular formula is C21H19N. The molecule has 0 bridgehead atoms. The van der Waals surface area contributed by atoms with Crippen molar-refractivity contribution in [2.24, 2.45) is 0 Å². The molecule has 0 fully saturated rings. The zero-order chi connectivity index (χ0) is 15.5. The zero-order valence-electron chi connectivity index (χ0n) is 12.7. The Kier molecular flexibility index (Phi) is 3.80. The second-order valence-corrected chi connectivity index (χ2v) is 5.36. The summed E-state index contributed by atoms with van der Waals surface area (Å²) < 4.78 is 0. The van der Waals surface area contributed by atoms with Gasteiger partial charge in [0.15, 0.2) is 0 Å². The molecule has 0 amide bonds. The number of hydrogen-bond acceptors (Lipinski definition) is 1. The lowest BCUT2D eigenvalue weighted by Gasteiger charge is -2.17. The van der Waals surface area contributed by atoms with Crippen LogP contribution in [0, 0.1) is 6.92 Å². The second kappa shape index (κ2) is 5.90. The molecule has 108 valence electrons. The molecule has 0 saturated carbocycles. The summed E-state index contributed by atoms with van der Waals surface area (Å²) in [5, 5.41) is 0. The van der Waals surface area contributed by atoms with Crippen molar-refractivity contribution in [3.63, 3.8) is 0 Å². The first-order valence-corrected chi connectivity index (χ1v) is 7.38. The van der Waals surface area contributed by atoms with Gasteiger partial charge in [0, 0.05) is 11.3 Å². The maximum absolute atomic E-state index is 6.48. The molecule has 22 heavy (non-hydrogen) atoms. The first-order valence-electron chi connectivity index (χ1n) is 7.38. The summed E-state index contributed by atoms with van der Waals surface area (Å²) in [6.45, 7) is 5.96. The molecular weight excluding hydrogens is 266 g/mol. The molecule has 0 heterocycles. The highest BCUT2D eigenvalue weighted by Gasteiger charge is 2.15. The minimum atomic E-state index is 0.822. The molecule has 0 aromatic heterocycles. The van der Waals surface area contributed by atoms with Gasteiger partial charge in [-0.2, -0.15) is 0 Å². The quantitative estimate of drug-likeness (QED) is 0.627. The SMILES string of the molecule is C=Cc1cc(-c2ccccc2)c(-c2ccccc2)c(N)c1C. The van der Waals surface area contributed by atoms with Gasteiger partial charge in [-0.25, -0.2) is 0 Å². The molecule has 3 aromatic rings. The number of benzene rings is 3. The smallest absolute Gasteiger partial charge is 0.0435 e. The predicted octanol–water partition coefficient (Wildman–Crippen LogP) is 5.55. The van der Waals surface area contributed by atoms with Crippen LogP contribution in [0.5, 0.6) is 0 Å². The van der Waals surface area contributed by atoms with Gasteiger partial charge in [0.2, 0.25) is 0 Å². The number of rotatable bonds is 3. The van der Waals surface area contributed by atoms with Gasteiger partial charge >= 0.3 is 0 Å². The lowest BCUT2D eigenvalue weighted by Crippen LogP contribution is -1.99. The second-order valence-electron chi connectivity index (χ2n) is 5.36. The van der Waals surface area contributed by atoms with E-state index in [4.69, 9.17) is 5.73 Å². The molecule has 0 radical (unpaired) electrons. The van der Waals surface area contributed by atoms with Gasteiger partial charge in [-0.15, -0.1) is 0 Å². The Balaban J connectivity index is 2.36. The van der Waals surface area contributed by atoms with Crippen molar-refractivity contribution in [3.8, 4) is 22.3 Å². The van der Waals surface area contributed by atoms with Gasteiger partial charge in [0.1, 0.15) is 0 Å². The fourth-order valence-electron chi connectivity index (χ4n) is 2.80. The third-order valence-corrected chi connectivity index (χ3v) is 4.04. The van der Waals surface area contributed by atoms with E-state index in [0.717, 1.165) is 39.1 Å². The number of hydrogen-bond donors (Lipinski definition) is 1. The summed E-state index contributed by atoms with van der Waals surface area (Å²) >= 11 is 0. The Labute approximate surface area is 131 Å². The van der Waals surface area contributed by atoms with Gasteiger partial charge in [-0.3, -0.25) is 0 Å². The molecule has 0 saturated heterocycles. The summed E-state index contributed by atoms with van der Waals surface area (Å²) in [5.41, 5.74) is 14.0. The highest BCUT2D eigenvalue weighted by Crippen LogP contribution is 2.40. The first-order chi connectivity index (χ1) is 10.7.